The number of carbonyl (C=O) groups excluding carboxylic acids is 2. The average Bonchev–Trinajstić information content (AvgIpc) is 2.47. The van der Waals surface area contributed by atoms with Crippen LogP contribution >= 0.6 is 0 Å². The van der Waals surface area contributed by atoms with Gasteiger partial charge in [0, 0.05) is 5.39 Å². The van der Waals surface area contributed by atoms with Crippen LogP contribution in [0.5, 0.6) is 0 Å². The largest absolute Gasteiger partial charge is 0.462 e. The van der Waals surface area contributed by atoms with Gasteiger partial charge in [0.1, 0.15) is 0 Å². The number of fused-ring (bicyclic) bond motifs is 1. The number of nitrogens with zero attached hydrogens (tertiary/aromatic N) is 1. The molecule has 7 nitrogen and oxygen atoms in total. The van der Waals surface area contributed by atoms with Crippen LogP contribution in [0.25, 0.3) is 10.8 Å². The van der Waals surface area contributed by atoms with Gasteiger partial charge in [-0.05, 0) is 44.9 Å². The first-order chi connectivity index (χ1) is 10.9. The number of ether oxygens (including phenoxy) is 2. The fourth-order valence-corrected chi connectivity index (χ4v) is 2.56. The van der Waals surface area contributed by atoms with Crippen molar-refractivity contribution in [3.8, 4) is 0 Å². The number of aryl methyl sites for hydroxylation is 2. The lowest BCUT2D eigenvalue weighted by molar-refractivity contribution is 0.0514. The maximum Gasteiger partial charge on any atom is 0.359 e. The van der Waals surface area contributed by atoms with Gasteiger partial charge in [-0.3, -0.25) is 4.79 Å². The SMILES string of the molecule is CCOC(=O)c1c(C)cc2c(C(=O)OCC)n[nH]c(=O)c2c1C. The molecule has 0 spiro atoms. The summed E-state index contributed by atoms with van der Waals surface area (Å²) in [5.41, 5.74) is 0.920. The van der Waals surface area contributed by atoms with Gasteiger partial charge < -0.3 is 9.47 Å². The average molecular weight is 318 g/mol. The number of nitrogens with one attached hydrogen (secondary N) is 1. The normalized spacial score (nSPS) is 10.6. The van der Waals surface area contributed by atoms with Crippen molar-refractivity contribution in [1.82, 2.24) is 10.2 Å². The van der Waals surface area contributed by atoms with Crippen LogP contribution in [0, 0.1) is 13.8 Å². The number of rotatable bonds is 4. The summed E-state index contributed by atoms with van der Waals surface area (Å²) in [6.45, 7) is 7.18. The van der Waals surface area contributed by atoms with Gasteiger partial charge in [0.25, 0.3) is 5.56 Å². The number of carbonyl (C=O) groups is 2. The van der Waals surface area contributed by atoms with E-state index in [4.69, 9.17) is 9.47 Å². The Labute approximate surface area is 132 Å². The molecule has 0 fully saturated rings. The molecule has 0 aliphatic carbocycles. The monoisotopic (exact) mass is 318 g/mol. The van der Waals surface area contributed by atoms with Crippen molar-refractivity contribution in [2.75, 3.05) is 13.2 Å². The van der Waals surface area contributed by atoms with E-state index in [1.54, 1.807) is 33.8 Å². The lowest BCUT2D eigenvalue weighted by atomic mass is 9.96. The van der Waals surface area contributed by atoms with Crippen LogP contribution in [0.2, 0.25) is 0 Å². The third-order valence-corrected chi connectivity index (χ3v) is 3.47. The van der Waals surface area contributed by atoms with Gasteiger partial charge in [-0.1, -0.05) is 0 Å². The fourth-order valence-electron chi connectivity index (χ4n) is 2.56. The molecule has 122 valence electrons. The van der Waals surface area contributed by atoms with Gasteiger partial charge in [-0.15, -0.1) is 0 Å². The molecule has 1 N–H and O–H groups in total. The Kier molecular flexibility index (Phi) is 4.78. The summed E-state index contributed by atoms with van der Waals surface area (Å²) in [5, 5.41) is 6.66. The van der Waals surface area contributed by atoms with E-state index in [0.29, 0.717) is 22.1 Å². The van der Waals surface area contributed by atoms with Crippen LogP contribution in [0.4, 0.5) is 0 Å². The number of esters is 2. The molecule has 1 aromatic carbocycles. The van der Waals surface area contributed by atoms with Gasteiger partial charge >= 0.3 is 11.9 Å². The highest BCUT2D eigenvalue weighted by Gasteiger charge is 2.22. The van der Waals surface area contributed by atoms with E-state index >= 15 is 0 Å². The summed E-state index contributed by atoms with van der Waals surface area (Å²) in [6, 6.07) is 1.59. The molecular weight excluding hydrogens is 300 g/mol. The molecule has 0 saturated heterocycles. The van der Waals surface area contributed by atoms with Gasteiger partial charge in [0.05, 0.1) is 24.2 Å². The number of hydrogen-bond donors (Lipinski definition) is 1. The topological polar surface area (TPSA) is 98.3 Å². The van der Waals surface area contributed by atoms with E-state index in [2.05, 4.69) is 10.2 Å². The quantitative estimate of drug-likeness (QED) is 0.864. The molecule has 0 radical (unpaired) electrons. The minimum Gasteiger partial charge on any atom is -0.462 e. The lowest BCUT2D eigenvalue weighted by Crippen LogP contribution is -2.19. The first kappa shape index (κ1) is 16.7. The van der Waals surface area contributed by atoms with Gasteiger partial charge in [-0.2, -0.15) is 5.10 Å². The second kappa shape index (κ2) is 6.60. The minimum atomic E-state index is -0.628. The Morgan fingerprint density at radius 1 is 1.13 bits per heavy atom. The summed E-state index contributed by atoms with van der Waals surface area (Å²) < 4.78 is 9.99. The highest BCUT2D eigenvalue weighted by molar-refractivity contribution is 6.06. The highest BCUT2D eigenvalue weighted by atomic mass is 16.5. The Morgan fingerprint density at radius 2 is 1.74 bits per heavy atom. The molecule has 7 heteroatoms. The molecule has 0 aliphatic rings. The number of aromatic amines is 1. The summed E-state index contributed by atoms with van der Waals surface area (Å²) in [7, 11) is 0. The van der Waals surface area contributed by atoms with Crippen molar-refractivity contribution in [2.45, 2.75) is 27.7 Å². The zero-order valence-electron chi connectivity index (χ0n) is 13.5. The summed E-state index contributed by atoms with van der Waals surface area (Å²) in [6.07, 6.45) is 0. The first-order valence-corrected chi connectivity index (χ1v) is 7.29. The van der Waals surface area contributed by atoms with E-state index in [1.807, 2.05) is 0 Å². The number of benzene rings is 1. The van der Waals surface area contributed by atoms with Crippen LogP contribution in [0.3, 0.4) is 0 Å². The fraction of sp³-hybridized carbons (Fsp3) is 0.375. The molecule has 0 unspecified atom stereocenters. The Hall–Kier alpha value is -2.70. The van der Waals surface area contributed by atoms with E-state index in [-0.39, 0.29) is 24.3 Å². The summed E-state index contributed by atoms with van der Waals surface area (Å²) in [4.78, 5) is 36.3. The van der Waals surface area contributed by atoms with Gasteiger partial charge in [0.2, 0.25) is 0 Å². The van der Waals surface area contributed by atoms with E-state index < -0.39 is 17.5 Å². The maximum absolute atomic E-state index is 12.2. The molecule has 23 heavy (non-hydrogen) atoms. The predicted octanol–water partition coefficient (Wildman–Crippen LogP) is 1.89. The van der Waals surface area contributed by atoms with E-state index in [0.717, 1.165) is 0 Å². The molecule has 1 heterocycles. The number of aromatic nitrogens is 2. The molecule has 2 aromatic rings. The van der Waals surface area contributed by atoms with Gasteiger partial charge in [-0.25, -0.2) is 14.7 Å². The summed E-state index contributed by atoms with van der Waals surface area (Å²) >= 11 is 0. The van der Waals surface area contributed by atoms with E-state index in [1.165, 1.54) is 0 Å². The standard InChI is InChI=1S/C16H18N2O5/c1-5-22-15(20)11-8(3)7-10-12(9(11)4)14(19)18-17-13(10)16(21)23-6-2/h7H,5-6H2,1-4H3,(H,18,19). The number of H-pyrrole nitrogens is 1. The lowest BCUT2D eigenvalue weighted by Gasteiger charge is -2.13. The van der Waals surface area contributed by atoms with Crippen molar-refractivity contribution in [3.63, 3.8) is 0 Å². The molecule has 0 atom stereocenters. The molecule has 0 aliphatic heterocycles. The molecule has 1 aromatic heterocycles. The third-order valence-electron chi connectivity index (χ3n) is 3.47. The molecule has 0 amide bonds. The minimum absolute atomic E-state index is 0.0167. The van der Waals surface area contributed by atoms with Crippen molar-refractivity contribution in [2.24, 2.45) is 0 Å². The van der Waals surface area contributed by atoms with Crippen molar-refractivity contribution >= 4 is 22.7 Å². The molecule has 2 rings (SSSR count). The summed E-state index contributed by atoms with van der Waals surface area (Å²) in [5.74, 6) is -1.13. The van der Waals surface area contributed by atoms with Gasteiger partial charge in [0.15, 0.2) is 5.69 Å². The van der Waals surface area contributed by atoms with Crippen molar-refractivity contribution < 1.29 is 19.1 Å². The smallest absolute Gasteiger partial charge is 0.359 e. The van der Waals surface area contributed by atoms with Crippen molar-refractivity contribution in [1.29, 1.82) is 0 Å². The third kappa shape index (κ3) is 2.94. The zero-order chi connectivity index (χ0) is 17.1. The maximum atomic E-state index is 12.2. The van der Waals surface area contributed by atoms with Crippen LogP contribution in [0.15, 0.2) is 10.9 Å². The first-order valence-electron chi connectivity index (χ1n) is 7.29. The van der Waals surface area contributed by atoms with Crippen LogP contribution in [-0.2, 0) is 9.47 Å². The Balaban J connectivity index is 2.80. The Bertz CT molecular complexity index is 838. The molecule has 0 bridgehead atoms. The van der Waals surface area contributed by atoms with Crippen molar-refractivity contribution in [3.05, 3.63) is 38.8 Å². The second-order valence-corrected chi connectivity index (χ2v) is 4.96. The zero-order valence-corrected chi connectivity index (χ0v) is 13.5. The number of hydrogen-bond acceptors (Lipinski definition) is 6. The Morgan fingerprint density at radius 3 is 2.35 bits per heavy atom. The highest BCUT2D eigenvalue weighted by Crippen LogP contribution is 2.25. The predicted molar refractivity (Wildman–Crippen MR) is 83.8 cm³/mol. The van der Waals surface area contributed by atoms with Crippen LogP contribution in [-0.4, -0.2) is 35.3 Å². The van der Waals surface area contributed by atoms with Crippen LogP contribution < -0.4 is 5.56 Å². The van der Waals surface area contributed by atoms with E-state index in [9.17, 15) is 14.4 Å². The molecule has 0 saturated carbocycles. The molecular formula is C16H18N2O5. The second-order valence-electron chi connectivity index (χ2n) is 4.96. The van der Waals surface area contributed by atoms with Crippen LogP contribution in [0.1, 0.15) is 45.8 Å².